The van der Waals surface area contributed by atoms with Gasteiger partial charge in [0, 0.05) is 11.3 Å². The molecule has 0 bridgehead atoms. The number of carbonyl (C=O) groups excluding carboxylic acids is 1. The molecule has 9 heteroatoms. The van der Waals surface area contributed by atoms with Crippen LogP contribution in [-0.2, 0) is 28.8 Å². The summed E-state index contributed by atoms with van der Waals surface area (Å²) in [5, 5.41) is 0. The van der Waals surface area contributed by atoms with Crippen molar-refractivity contribution in [1.82, 2.24) is 0 Å². The fraction of sp³-hybridized carbons (Fsp3) is 0.133. The Hall–Kier alpha value is -2.00. The van der Waals surface area contributed by atoms with Gasteiger partial charge in [0.1, 0.15) is 0 Å². The highest BCUT2D eigenvalue weighted by molar-refractivity contribution is 7.92. The molecule has 0 fully saturated rings. The molecule has 24 heavy (non-hydrogen) atoms. The first-order valence-corrected chi connectivity index (χ1v) is 8.80. The molecule has 0 heterocycles. The number of hydrogen-bond donors (Lipinski definition) is 1. The number of alkyl halides is 3. The van der Waals surface area contributed by atoms with E-state index in [4.69, 9.17) is 0 Å². The van der Waals surface area contributed by atoms with Gasteiger partial charge in [-0.25, -0.2) is 8.42 Å². The lowest BCUT2D eigenvalue weighted by Crippen LogP contribution is -2.14. The summed E-state index contributed by atoms with van der Waals surface area (Å²) in [7, 11) is -4.03. The molecule has 128 valence electrons. The van der Waals surface area contributed by atoms with Crippen molar-refractivity contribution in [3.8, 4) is 0 Å². The van der Waals surface area contributed by atoms with E-state index in [0.29, 0.717) is 17.7 Å². The third kappa shape index (κ3) is 4.30. The van der Waals surface area contributed by atoms with Crippen molar-refractivity contribution in [2.24, 2.45) is 0 Å². The molecule has 0 saturated carbocycles. The van der Waals surface area contributed by atoms with Crippen LogP contribution in [0.3, 0.4) is 0 Å². The van der Waals surface area contributed by atoms with Crippen LogP contribution in [0.1, 0.15) is 15.9 Å². The summed E-state index contributed by atoms with van der Waals surface area (Å²) in [5.74, 6) is -0.0276. The van der Waals surface area contributed by atoms with Gasteiger partial charge in [-0.05, 0) is 61.2 Å². The van der Waals surface area contributed by atoms with Gasteiger partial charge in [-0.2, -0.15) is 13.2 Å². The van der Waals surface area contributed by atoms with Crippen molar-refractivity contribution < 1.29 is 26.4 Å². The average Bonchev–Trinajstić information content (AvgIpc) is 2.54. The number of Topliss-reactive ketones (excluding diaryl/α,β-unsaturated/α-hetero) is 1. The molecular formula is C15H13F3NO3S2+. The molecule has 0 aliphatic carbocycles. The number of ketones is 1. The van der Waals surface area contributed by atoms with Crippen LogP contribution >= 0.6 is 0 Å². The van der Waals surface area contributed by atoms with Crippen LogP contribution in [-0.4, -0.2) is 20.0 Å². The Morgan fingerprint density at radius 1 is 1.00 bits per heavy atom. The van der Waals surface area contributed by atoms with E-state index in [1.165, 1.54) is 24.3 Å². The zero-order valence-electron chi connectivity index (χ0n) is 12.1. The second-order valence-corrected chi connectivity index (χ2v) is 6.84. The van der Waals surface area contributed by atoms with E-state index in [2.05, 4.69) is 17.4 Å². The highest BCUT2D eigenvalue weighted by Gasteiger charge is 2.30. The summed E-state index contributed by atoms with van der Waals surface area (Å²) in [6, 6.07) is 8.87. The summed E-state index contributed by atoms with van der Waals surface area (Å²) in [6.07, 6.45) is -4.53. The largest absolute Gasteiger partial charge is 0.416 e. The van der Waals surface area contributed by atoms with E-state index in [1.54, 1.807) is 0 Å². The van der Waals surface area contributed by atoms with E-state index in [1.807, 2.05) is 0 Å². The van der Waals surface area contributed by atoms with Crippen LogP contribution in [0.4, 0.5) is 18.9 Å². The minimum atomic E-state index is -4.53. The summed E-state index contributed by atoms with van der Waals surface area (Å²) < 4.78 is 64.1. The number of carbonyl (C=O) groups is 1. The Bertz CT molecular complexity index is 830. The minimum Gasteiger partial charge on any atom is -0.289 e. The molecule has 4 nitrogen and oxygen atoms in total. The van der Waals surface area contributed by atoms with Gasteiger partial charge >= 0.3 is 6.18 Å². The van der Waals surface area contributed by atoms with Gasteiger partial charge in [0.25, 0.3) is 10.0 Å². The Kier molecular flexibility index (Phi) is 5.24. The van der Waals surface area contributed by atoms with Crippen molar-refractivity contribution in [2.45, 2.75) is 11.1 Å². The van der Waals surface area contributed by atoms with Gasteiger partial charge in [0.15, 0.2) is 5.75 Å². The Balaban J connectivity index is 2.20. The first-order valence-electron chi connectivity index (χ1n) is 6.61. The maximum atomic E-state index is 12.5. The standard InChI is InChI=1S/C15H12F3NO3S2/c16-15(17,18)11-3-7-13(8-4-11)24(21,22)19-12-5-1-10(2-6-12)14(20)9-23/h1-8,19,23H,9H2/p+1. The van der Waals surface area contributed by atoms with E-state index >= 15 is 0 Å². The number of nitrogens with one attached hydrogen (secondary N) is 1. The minimum absolute atomic E-state index is 0.136. The summed E-state index contributed by atoms with van der Waals surface area (Å²) in [6.45, 7) is 0. The number of halogens is 3. The van der Waals surface area contributed by atoms with Crippen molar-refractivity contribution in [1.29, 1.82) is 0 Å². The monoisotopic (exact) mass is 376 g/mol. The Morgan fingerprint density at radius 3 is 2.00 bits per heavy atom. The SMILES string of the molecule is O=C(C[SH2+])c1ccc(NS(=O)(=O)c2ccc(C(F)(F)F)cc2)cc1. The quantitative estimate of drug-likeness (QED) is 0.645. The predicted octanol–water partition coefficient (Wildman–Crippen LogP) is 2.70. The molecule has 0 saturated heterocycles. The maximum absolute atomic E-state index is 12.5. The van der Waals surface area contributed by atoms with E-state index in [0.717, 1.165) is 12.1 Å². The van der Waals surface area contributed by atoms with Crippen LogP contribution in [0.25, 0.3) is 0 Å². The summed E-state index contributed by atoms with van der Waals surface area (Å²) in [4.78, 5) is 11.2. The maximum Gasteiger partial charge on any atom is 0.416 e. The number of sulfonamides is 1. The number of hydrogen-bond acceptors (Lipinski definition) is 3. The number of rotatable bonds is 5. The highest BCUT2D eigenvalue weighted by atomic mass is 32.2. The summed E-state index contributed by atoms with van der Waals surface area (Å²) in [5.41, 5.74) is -0.332. The van der Waals surface area contributed by atoms with Gasteiger partial charge in [-0.1, -0.05) is 0 Å². The molecule has 0 amide bonds. The first-order chi connectivity index (χ1) is 11.1. The number of benzene rings is 2. The second-order valence-electron chi connectivity index (χ2n) is 4.80. The lowest BCUT2D eigenvalue weighted by Gasteiger charge is -2.10. The van der Waals surface area contributed by atoms with E-state index in [-0.39, 0.29) is 22.1 Å². The zero-order valence-corrected chi connectivity index (χ0v) is 13.9. The molecule has 2 aromatic rings. The van der Waals surface area contributed by atoms with Crippen molar-refractivity contribution in [3.05, 3.63) is 59.7 Å². The molecule has 2 rings (SSSR count). The fourth-order valence-corrected chi connectivity index (χ4v) is 3.13. The third-order valence-electron chi connectivity index (χ3n) is 3.11. The molecule has 0 aromatic heterocycles. The molecule has 0 aliphatic heterocycles. The normalized spacial score (nSPS) is 12.0. The summed E-state index contributed by atoms with van der Waals surface area (Å²) >= 11 is 3.08. The Morgan fingerprint density at radius 2 is 1.54 bits per heavy atom. The molecule has 2 aromatic carbocycles. The van der Waals surface area contributed by atoms with Crippen molar-refractivity contribution in [2.75, 3.05) is 10.5 Å². The molecule has 0 unspecified atom stereocenters. The average molecular weight is 376 g/mol. The fourth-order valence-electron chi connectivity index (χ4n) is 1.86. The smallest absolute Gasteiger partial charge is 0.289 e. The Labute approximate surface area is 142 Å². The van der Waals surface area contributed by atoms with E-state index < -0.39 is 21.8 Å². The van der Waals surface area contributed by atoms with Gasteiger partial charge in [0.05, 0.1) is 10.5 Å². The predicted molar refractivity (Wildman–Crippen MR) is 88.0 cm³/mol. The second kappa shape index (κ2) is 6.86. The number of anilines is 1. The van der Waals surface area contributed by atoms with Crippen LogP contribution in [0, 0.1) is 0 Å². The van der Waals surface area contributed by atoms with Gasteiger partial charge in [-0.3, -0.25) is 9.52 Å². The van der Waals surface area contributed by atoms with E-state index in [9.17, 15) is 26.4 Å². The van der Waals surface area contributed by atoms with Crippen LogP contribution in [0.2, 0.25) is 0 Å². The molecule has 0 spiro atoms. The van der Waals surface area contributed by atoms with Gasteiger partial charge in [-0.15, -0.1) is 0 Å². The topological polar surface area (TPSA) is 63.2 Å². The van der Waals surface area contributed by atoms with Crippen molar-refractivity contribution >= 4 is 34.1 Å². The zero-order chi connectivity index (χ0) is 18.0. The highest BCUT2D eigenvalue weighted by Crippen LogP contribution is 2.30. The first kappa shape index (κ1) is 18.3. The van der Waals surface area contributed by atoms with Crippen molar-refractivity contribution in [3.63, 3.8) is 0 Å². The molecule has 0 atom stereocenters. The molecular weight excluding hydrogens is 363 g/mol. The van der Waals surface area contributed by atoms with Crippen LogP contribution in [0.5, 0.6) is 0 Å². The lowest BCUT2D eigenvalue weighted by molar-refractivity contribution is -0.137. The lowest BCUT2D eigenvalue weighted by atomic mass is 10.1. The molecule has 0 aliphatic rings. The molecule has 1 N–H and O–H groups in total. The van der Waals surface area contributed by atoms with Gasteiger partial charge in [0.2, 0.25) is 5.78 Å². The third-order valence-corrected chi connectivity index (χ3v) is 4.83. The van der Waals surface area contributed by atoms with Crippen LogP contribution < -0.4 is 4.72 Å². The van der Waals surface area contributed by atoms with Gasteiger partial charge < -0.3 is 0 Å². The van der Waals surface area contributed by atoms with Crippen LogP contribution in [0.15, 0.2) is 53.4 Å². The molecule has 0 radical (unpaired) electrons.